The average Bonchev–Trinajstić information content (AvgIpc) is 2.67. The first-order chi connectivity index (χ1) is 9.03. The Morgan fingerprint density at radius 1 is 1.45 bits per heavy atom. The molecular weight excluding hydrogens is 282 g/mol. The number of ether oxygens (including phenoxy) is 1. The van der Waals surface area contributed by atoms with Gasteiger partial charge in [0.2, 0.25) is 0 Å². The third-order valence-electron chi connectivity index (χ3n) is 2.49. The molecule has 0 saturated heterocycles. The predicted molar refractivity (Wildman–Crippen MR) is 75.9 cm³/mol. The van der Waals surface area contributed by atoms with Gasteiger partial charge in [-0.25, -0.2) is 14.6 Å². The van der Waals surface area contributed by atoms with Gasteiger partial charge in [-0.15, -0.1) is 0 Å². The lowest BCUT2D eigenvalue weighted by atomic mass is 10.2. The van der Waals surface area contributed by atoms with E-state index in [1.54, 1.807) is 34.7 Å². The van der Waals surface area contributed by atoms with E-state index >= 15 is 0 Å². The maximum atomic E-state index is 11.9. The molecular formula is C12H19N3O4S. The van der Waals surface area contributed by atoms with Gasteiger partial charge in [-0.3, -0.25) is 0 Å². The monoisotopic (exact) mass is 301 g/mol. The number of anilines is 1. The number of carboxylic acid groups (broad SMARTS) is 1. The third-order valence-corrected chi connectivity index (χ3v) is 3.55. The summed E-state index contributed by atoms with van der Waals surface area (Å²) in [4.78, 5) is 28.2. The highest BCUT2D eigenvalue weighted by molar-refractivity contribution is 7.16. The van der Waals surface area contributed by atoms with Crippen LogP contribution in [-0.4, -0.2) is 39.7 Å². The van der Waals surface area contributed by atoms with E-state index in [9.17, 15) is 9.59 Å². The number of aromatic carboxylic acids is 1. The number of nitrogens with two attached hydrogens (primary N) is 1. The molecule has 1 aromatic rings. The lowest BCUT2D eigenvalue weighted by molar-refractivity contribution is 0.0233. The molecule has 0 fully saturated rings. The maximum absolute atomic E-state index is 11.9. The Balaban J connectivity index is 2.89. The number of carbonyl (C=O) groups is 2. The molecule has 0 aliphatic rings. The van der Waals surface area contributed by atoms with Gasteiger partial charge in [-0.2, -0.15) is 0 Å². The molecule has 0 saturated carbocycles. The van der Waals surface area contributed by atoms with Crippen LogP contribution in [0.5, 0.6) is 0 Å². The fourth-order valence-electron chi connectivity index (χ4n) is 1.34. The van der Waals surface area contributed by atoms with E-state index in [2.05, 4.69) is 4.98 Å². The second kappa shape index (κ2) is 5.66. The smallest absolute Gasteiger partial charge is 0.410 e. The molecule has 1 aromatic heterocycles. The standard InChI is InChI=1S/C12H19N3O4S/c1-6(15(5)11(18)19-12(2,3)4)9-14-7(10(16)17)8(13)20-9/h6H,13H2,1-5H3,(H,16,17)/t6-/m1/s1. The number of rotatable bonds is 3. The Morgan fingerprint density at radius 2 is 2.00 bits per heavy atom. The van der Waals surface area contributed by atoms with E-state index < -0.39 is 23.7 Å². The van der Waals surface area contributed by atoms with Crippen LogP contribution in [0.25, 0.3) is 0 Å². The van der Waals surface area contributed by atoms with Crippen LogP contribution >= 0.6 is 11.3 Å². The Morgan fingerprint density at radius 3 is 2.40 bits per heavy atom. The van der Waals surface area contributed by atoms with Crippen LogP contribution in [0.2, 0.25) is 0 Å². The van der Waals surface area contributed by atoms with Crippen molar-refractivity contribution in [2.24, 2.45) is 0 Å². The summed E-state index contributed by atoms with van der Waals surface area (Å²) in [5, 5.41) is 9.49. The predicted octanol–water partition coefficient (Wildman–Crippen LogP) is 2.35. The molecule has 1 rings (SSSR count). The van der Waals surface area contributed by atoms with Crippen molar-refractivity contribution in [2.45, 2.75) is 39.3 Å². The summed E-state index contributed by atoms with van der Waals surface area (Å²) in [6, 6.07) is -0.426. The van der Waals surface area contributed by atoms with Gasteiger partial charge in [0.05, 0.1) is 6.04 Å². The molecule has 0 unspecified atom stereocenters. The molecule has 0 radical (unpaired) electrons. The number of nitrogen functional groups attached to an aromatic ring is 1. The Labute approximate surface area is 121 Å². The van der Waals surface area contributed by atoms with E-state index in [4.69, 9.17) is 15.6 Å². The second-order valence-corrected chi connectivity index (χ2v) is 6.40. The Hall–Kier alpha value is -1.83. The van der Waals surface area contributed by atoms with E-state index in [-0.39, 0.29) is 10.7 Å². The Bertz CT molecular complexity index is 521. The molecule has 7 nitrogen and oxygen atoms in total. The number of nitrogens with zero attached hydrogens (tertiary/aromatic N) is 2. The van der Waals surface area contributed by atoms with Gasteiger partial charge in [0.25, 0.3) is 0 Å². The minimum atomic E-state index is -1.18. The zero-order valence-electron chi connectivity index (χ0n) is 12.1. The molecule has 3 N–H and O–H groups in total. The van der Waals surface area contributed by atoms with Crippen molar-refractivity contribution < 1.29 is 19.4 Å². The van der Waals surface area contributed by atoms with Crippen molar-refractivity contribution in [3.05, 3.63) is 10.7 Å². The normalized spacial score (nSPS) is 12.8. The zero-order chi connectivity index (χ0) is 15.7. The van der Waals surface area contributed by atoms with Crippen LogP contribution in [0.1, 0.15) is 49.2 Å². The van der Waals surface area contributed by atoms with Gasteiger partial charge < -0.3 is 20.5 Å². The molecule has 0 aliphatic carbocycles. The fraction of sp³-hybridized carbons (Fsp3) is 0.583. The molecule has 1 heterocycles. The van der Waals surface area contributed by atoms with Crippen LogP contribution in [0, 0.1) is 0 Å². The van der Waals surface area contributed by atoms with Gasteiger partial charge in [-0.05, 0) is 27.7 Å². The molecule has 1 atom stereocenters. The van der Waals surface area contributed by atoms with Crippen molar-refractivity contribution in [3.8, 4) is 0 Å². The van der Waals surface area contributed by atoms with Crippen LogP contribution in [0.3, 0.4) is 0 Å². The largest absolute Gasteiger partial charge is 0.476 e. The van der Waals surface area contributed by atoms with Gasteiger partial charge in [0, 0.05) is 7.05 Å². The lowest BCUT2D eigenvalue weighted by Gasteiger charge is -2.27. The highest BCUT2D eigenvalue weighted by Crippen LogP contribution is 2.29. The molecule has 0 spiro atoms. The molecule has 20 heavy (non-hydrogen) atoms. The van der Waals surface area contributed by atoms with Crippen LogP contribution in [0.4, 0.5) is 9.80 Å². The molecule has 112 valence electrons. The van der Waals surface area contributed by atoms with Crippen molar-refractivity contribution in [2.75, 3.05) is 12.8 Å². The van der Waals surface area contributed by atoms with Crippen molar-refractivity contribution in [1.29, 1.82) is 0 Å². The maximum Gasteiger partial charge on any atom is 0.410 e. The average molecular weight is 301 g/mol. The minimum absolute atomic E-state index is 0.122. The molecule has 8 heteroatoms. The van der Waals surface area contributed by atoms with Gasteiger partial charge in [0.1, 0.15) is 15.6 Å². The minimum Gasteiger partial charge on any atom is -0.476 e. The number of thiazole rings is 1. The highest BCUT2D eigenvalue weighted by Gasteiger charge is 2.27. The van der Waals surface area contributed by atoms with Crippen molar-refractivity contribution in [1.82, 2.24) is 9.88 Å². The first-order valence-electron chi connectivity index (χ1n) is 5.98. The van der Waals surface area contributed by atoms with Gasteiger partial charge in [0.15, 0.2) is 5.69 Å². The van der Waals surface area contributed by atoms with Gasteiger partial charge in [-0.1, -0.05) is 11.3 Å². The van der Waals surface area contributed by atoms with Crippen molar-refractivity contribution in [3.63, 3.8) is 0 Å². The Kier molecular flexibility index (Phi) is 4.59. The summed E-state index contributed by atoms with van der Waals surface area (Å²) in [7, 11) is 1.57. The number of amides is 1. The zero-order valence-corrected chi connectivity index (χ0v) is 12.9. The molecule has 0 aromatic carbocycles. The number of hydrogen-bond donors (Lipinski definition) is 2. The summed E-state index contributed by atoms with van der Waals surface area (Å²) in [5.74, 6) is -1.18. The van der Waals surface area contributed by atoms with E-state index in [0.717, 1.165) is 11.3 Å². The number of carboxylic acids is 1. The number of hydrogen-bond acceptors (Lipinski definition) is 6. The third kappa shape index (κ3) is 3.83. The van der Waals surface area contributed by atoms with Crippen LogP contribution in [-0.2, 0) is 4.74 Å². The first-order valence-corrected chi connectivity index (χ1v) is 6.80. The molecule has 0 bridgehead atoms. The SMILES string of the molecule is C[C@H](c1nc(C(=O)O)c(N)s1)N(C)C(=O)OC(C)(C)C. The van der Waals surface area contributed by atoms with E-state index in [1.165, 1.54) is 4.90 Å². The second-order valence-electron chi connectivity index (χ2n) is 5.34. The van der Waals surface area contributed by atoms with Crippen LogP contribution < -0.4 is 5.73 Å². The lowest BCUT2D eigenvalue weighted by Crippen LogP contribution is -2.35. The quantitative estimate of drug-likeness (QED) is 0.887. The number of carbonyl (C=O) groups excluding carboxylic acids is 1. The van der Waals surface area contributed by atoms with Crippen LogP contribution in [0.15, 0.2) is 0 Å². The topological polar surface area (TPSA) is 106 Å². The highest BCUT2D eigenvalue weighted by atomic mass is 32.1. The van der Waals surface area contributed by atoms with E-state index in [0.29, 0.717) is 5.01 Å². The summed E-state index contributed by atoms with van der Waals surface area (Å²) >= 11 is 1.05. The molecule has 0 aliphatic heterocycles. The first kappa shape index (κ1) is 16.2. The van der Waals surface area contributed by atoms with Crippen molar-refractivity contribution >= 4 is 28.4 Å². The number of aromatic nitrogens is 1. The van der Waals surface area contributed by atoms with Gasteiger partial charge >= 0.3 is 12.1 Å². The van der Waals surface area contributed by atoms with E-state index in [1.807, 2.05) is 0 Å². The summed E-state index contributed by atoms with van der Waals surface area (Å²) < 4.78 is 5.24. The summed E-state index contributed by atoms with van der Waals surface area (Å²) in [5.41, 5.74) is 4.81. The summed E-state index contributed by atoms with van der Waals surface area (Å²) in [6.45, 7) is 7.04. The fourth-order valence-corrected chi connectivity index (χ4v) is 2.26. The summed E-state index contributed by atoms with van der Waals surface area (Å²) in [6.07, 6.45) is -0.504. The molecule has 1 amide bonds.